The lowest BCUT2D eigenvalue weighted by Crippen LogP contribution is -2.46. The Labute approximate surface area is 236 Å². The Morgan fingerprint density at radius 3 is 2.34 bits per heavy atom. The summed E-state index contributed by atoms with van der Waals surface area (Å²) < 4.78 is 41.4. The number of allylic oxidation sites excluding steroid dienone is 1. The van der Waals surface area contributed by atoms with Gasteiger partial charge in [-0.2, -0.15) is 0 Å². The predicted octanol–water partition coefficient (Wildman–Crippen LogP) is 5.11. The highest BCUT2D eigenvalue weighted by Gasteiger charge is 2.38. The summed E-state index contributed by atoms with van der Waals surface area (Å²) in [7, 11) is 4.81. The molecule has 2 aromatic carbocycles. The van der Waals surface area contributed by atoms with Gasteiger partial charge in [0, 0.05) is 48.3 Å². The number of rotatable bonds is 7. The highest BCUT2D eigenvalue weighted by molar-refractivity contribution is 6.45. The lowest BCUT2D eigenvalue weighted by molar-refractivity contribution is 0.0816. The van der Waals surface area contributed by atoms with Gasteiger partial charge in [0.2, 0.25) is 0 Å². The summed E-state index contributed by atoms with van der Waals surface area (Å²) in [4.78, 5) is 35.4. The van der Waals surface area contributed by atoms with E-state index in [1.54, 1.807) is 43.1 Å². The molecule has 0 saturated heterocycles. The number of hydrogen-bond acceptors (Lipinski definition) is 6. The molecule has 2 aliphatic heterocycles. The number of anilines is 3. The van der Waals surface area contributed by atoms with E-state index in [0.29, 0.717) is 53.3 Å². The van der Waals surface area contributed by atoms with E-state index in [2.05, 4.69) is 4.98 Å². The highest BCUT2D eigenvalue weighted by atomic mass is 19.1. The summed E-state index contributed by atoms with van der Waals surface area (Å²) in [5.74, 6) is -1.04. The second-order valence-corrected chi connectivity index (χ2v) is 9.81. The first-order chi connectivity index (χ1) is 19.6. The van der Waals surface area contributed by atoms with Crippen molar-refractivity contribution < 1.29 is 27.8 Å². The van der Waals surface area contributed by atoms with Gasteiger partial charge in [0.1, 0.15) is 13.0 Å². The van der Waals surface area contributed by atoms with Crippen LogP contribution in [-0.2, 0) is 13.1 Å². The van der Waals surface area contributed by atoms with Crippen LogP contribution in [0.5, 0.6) is 11.5 Å². The van der Waals surface area contributed by atoms with Crippen molar-refractivity contribution in [3.63, 3.8) is 0 Å². The van der Waals surface area contributed by atoms with Gasteiger partial charge in [0.15, 0.2) is 23.1 Å². The maximum Gasteiger partial charge on any atom is 0.334 e. The topological polar surface area (TPSA) is 99.1 Å². The maximum atomic E-state index is 15.6. The number of fused-ring (bicyclic) bond motifs is 2. The van der Waals surface area contributed by atoms with Crippen LogP contribution in [0.3, 0.4) is 0 Å². The normalized spacial score (nSPS) is 14.7. The van der Waals surface area contributed by atoms with Crippen LogP contribution in [0.15, 0.2) is 42.5 Å². The van der Waals surface area contributed by atoms with E-state index in [-0.39, 0.29) is 24.0 Å². The minimum absolute atomic E-state index is 0.193. The Balaban J connectivity index is 1.74. The fraction of sp³-hybridized carbons (Fsp3) is 0.241. The van der Waals surface area contributed by atoms with E-state index in [4.69, 9.17) is 14.9 Å². The summed E-state index contributed by atoms with van der Waals surface area (Å²) in [6, 6.07) is 7.07. The van der Waals surface area contributed by atoms with Crippen molar-refractivity contribution in [3.8, 4) is 11.5 Å². The van der Waals surface area contributed by atoms with Crippen molar-refractivity contribution in [1.82, 2.24) is 9.88 Å². The van der Waals surface area contributed by atoms with Crippen molar-refractivity contribution >= 4 is 47.6 Å². The Hall–Kier alpha value is -4.74. The number of nitrogens with one attached hydrogen (secondary N) is 1. The van der Waals surface area contributed by atoms with Gasteiger partial charge in [-0.1, -0.05) is 12.9 Å². The van der Waals surface area contributed by atoms with Crippen LogP contribution < -0.4 is 19.3 Å². The Morgan fingerprint density at radius 2 is 1.73 bits per heavy atom. The first-order valence-corrected chi connectivity index (χ1v) is 13.0. The van der Waals surface area contributed by atoms with Gasteiger partial charge in [-0.3, -0.25) is 19.6 Å². The largest absolute Gasteiger partial charge is 0.493 e. The SMILES string of the molecule is CB/C=C(\C(C)=N)c1cc2c(cn1)CN(c1c(F)c(OC)cc(OC)c1F)C(=O)N2c1ccc2c(c1)C(=O)N(C)C2. The second-order valence-electron chi connectivity index (χ2n) is 9.81. The zero-order valence-electron chi connectivity index (χ0n) is 23.3. The highest BCUT2D eigenvalue weighted by Crippen LogP contribution is 2.43. The molecule has 3 heterocycles. The lowest BCUT2D eigenvalue weighted by atomic mass is 9.79. The van der Waals surface area contributed by atoms with Gasteiger partial charge in [0.25, 0.3) is 5.91 Å². The average molecular weight is 559 g/mol. The van der Waals surface area contributed by atoms with Crippen LogP contribution in [0.4, 0.5) is 30.6 Å². The Kier molecular flexibility index (Phi) is 7.25. The number of nitrogens with zero attached hydrogens (tertiary/aromatic N) is 4. The molecule has 1 aromatic heterocycles. The molecule has 0 unspecified atom stereocenters. The van der Waals surface area contributed by atoms with Crippen molar-refractivity contribution in [3.05, 3.63) is 76.5 Å². The molecule has 3 amide bonds. The quantitative estimate of drug-likeness (QED) is 0.321. The van der Waals surface area contributed by atoms with E-state index < -0.39 is 23.4 Å². The van der Waals surface area contributed by atoms with Gasteiger partial charge in [-0.15, -0.1) is 5.98 Å². The molecular weight excluding hydrogens is 531 g/mol. The van der Waals surface area contributed by atoms with Crippen LogP contribution in [0, 0.1) is 17.0 Å². The number of amides is 3. The summed E-state index contributed by atoms with van der Waals surface area (Å²) in [6.07, 6.45) is 1.53. The Morgan fingerprint density at radius 1 is 1.05 bits per heavy atom. The van der Waals surface area contributed by atoms with Gasteiger partial charge >= 0.3 is 6.03 Å². The van der Waals surface area contributed by atoms with E-state index in [9.17, 15) is 9.59 Å². The predicted molar refractivity (Wildman–Crippen MR) is 154 cm³/mol. The molecular formula is C29H28BF2N5O4. The number of urea groups is 1. The van der Waals surface area contributed by atoms with Crippen molar-refractivity contribution in [2.24, 2.45) is 0 Å². The summed E-state index contributed by atoms with van der Waals surface area (Å²) in [5.41, 5.74) is 3.24. The molecule has 0 radical (unpaired) electrons. The molecule has 1 N–H and O–H groups in total. The minimum Gasteiger partial charge on any atom is -0.493 e. The maximum absolute atomic E-state index is 15.6. The zero-order chi connectivity index (χ0) is 29.6. The molecule has 210 valence electrons. The zero-order valence-corrected chi connectivity index (χ0v) is 23.3. The third-order valence-corrected chi connectivity index (χ3v) is 7.20. The number of hydrogen-bond donors (Lipinski definition) is 1. The smallest absolute Gasteiger partial charge is 0.334 e. The molecule has 12 heteroatoms. The van der Waals surface area contributed by atoms with Crippen molar-refractivity contribution in [1.29, 1.82) is 5.41 Å². The molecule has 5 rings (SSSR count). The molecule has 2 aliphatic rings. The van der Waals surface area contributed by atoms with E-state index >= 15 is 8.78 Å². The van der Waals surface area contributed by atoms with E-state index in [1.807, 2.05) is 12.8 Å². The first-order valence-electron chi connectivity index (χ1n) is 13.0. The van der Waals surface area contributed by atoms with Gasteiger partial charge < -0.3 is 19.8 Å². The Bertz CT molecular complexity index is 1620. The number of ether oxygens (including phenoxy) is 2. The van der Waals surface area contributed by atoms with Gasteiger partial charge in [0.05, 0.1) is 37.8 Å². The molecule has 0 aliphatic carbocycles. The second kappa shape index (κ2) is 10.7. The van der Waals surface area contributed by atoms with Gasteiger partial charge in [-0.25, -0.2) is 13.6 Å². The number of carbonyl (C=O) groups is 2. The molecule has 3 aromatic rings. The van der Waals surface area contributed by atoms with E-state index in [1.165, 1.54) is 25.3 Å². The third-order valence-electron chi connectivity index (χ3n) is 7.20. The summed E-state index contributed by atoms with van der Waals surface area (Å²) >= 11 is 0. The number of aromatic nitrogens is 1. The van der Waals surface area contributed by atoms with Crippen LogP contribution in [-0.4, -0.2) is 56.1 Å². The van der Waals surface area contributed by atoms with Gasteiger partial charge in [-0.05, 0) is 30.7 Å². The first kappa shape index (κ1) is 27.8. The number of methoxy groups -OCH3 is 2. The molecule has 0 spiro atoms. The number of halogens is 2. The standard InChI is InChI=1S/C29H28BF2N5O4/c1-15(33)20(11-30-2)21-9-22-17(12-34-21)14-36(27-25(31)23(40-4)10-24(41-5)26(27)32)29(39)37(22)18-7-6-16-13-35(3)28(38)19(16)8-18/h6-12,30,33H,13-14H2,1-5H3/b20-11+,33-15?. The average Bonchev–Trinajstić information content (AvgIpc) is 3.24. The summed E-state index contributed by atoms with van der Waals surface area (Å²) in [6.45, 7) is 3.82. The van der Waals surface area contributed by atoms with Crippen LogP contribution >= 0.6 is 0 Å². The monoisotopic (exact) mass is 559 g/mol. The summed E-state index contributed by atoms with van der Waals surface area (Å²) in [5, 5.41) is 8.23. The van der Waals surface area contributed by atoms with Crippen molar-refractivity contribution in [2.75, 3.05) is 31.1 Å². The van der Waals surface area contributed by atoms with Crippen molar-refractivity contribution in [2.45, 2.75) is 26.8 Å². The third kappa shape index (κ3) is 4.58. The van der Waals surface area contributed by atoms with E-state index in [0.717, 1.165) is 16.5 Å². The number of pyridine rings is 1. The molecule has 41 heavy (non-hydrogen) atoms. The van der Waals surface area contributed by atoms with Crippen LogP contribution in [0.25, 0.3) is 5.57 Å². The molecule has 0 saturated carbocycles. The fourth-order valence-electron chi connectivity index (χ4n) is 5.17. The van der Waals surface area contributed by atoms with Crippen LogP contribution in [0.2, 0.25) is 6.82 Å². The molecule has 9 nitrogen and oxygen atoms in total. The fourth-order valence-corrected chi connectivity index (χ4v) is 5.17. The molecule has 0 fully saturated rings. The molecule has 0 atom stereocenters. The molecule has 0 bridgehead atoms. The minimum atomic E-state index is -1.06. The number of benzene rings is 2. The lowest BCUT2D eigenvalue weighted by Gasteiger charge is -2.37. The number of carbonyl (C=O) groups excluding carboxylic acids is 2. The van der Waals surface area contributed by atoms with Crippen LogP contribution in [0.1, 0.15) is 34.1 Å².